The van der Waals surface area contributed by atoms with Gasteiger partial charge in [0, 0.05) is 12.4 Å². The maximum absolute atomic E-state index is 11.6. The number of para-hydroxylation sites is 1. The van der Waals surface area contributed by atoms with Crippen molar-refractivity contribution < 1.29 is 9.63 Å². The van der Waals surface area contributed by atoms with E-state index in [4.69, 9.17) is 4.84 Å². The first-order chi connectivity index (χ1) is 8.34. The summed E-state index contributed by atoms with van der Waals surface area (Å²) in [6.45, 7) is 0. The third kappa shape index (κ3) is 1.63. The molecule has 1 aromatic carbocycles. The second kappa shape index (κ2) is 3.71. The van der Waals surface area contributed by atoms with Crippen molar-refractivity contribution in [2.45, 2.75) is 0 Å². The van der Waals surface area contributed by atoms with Gasteiger partial charge in [-0.25, -0.2) is 14.3 Å². The number of rotatable bonds is 1. The lowest BCUT2D eigenvalue weighted by Gasteiger charge is -2.02. The molecule has 0 bridgehead atoms. The van der Waals surface area contributed by atoms with Crippen LogP contribution in [0.15, 0.2) is 43.0 Å². The molecule has 17 heavy (non-hydrogen) atoms. The number of hydrogen-bond donors (Lipinski definition) is 0. The summed E-state index contributed by atoms with van der Waals surface area (Å²) in [5, 5.41) is 7.60. The summed E-state index contributed by atoms with van der Waals surface area (Å²) in [6, 6.07) is 7.19. The third-order valence-corrected chi connectivity index (χ3v) is 2.20. The van der Waals surface area contributed by atoms with Crippen LogP contribution < -0.4 is 4.84 Å². The van der Waals surface area contributed by atoms with Crippen molar-refractivity contribution in [3.8, 4) is 0 Å². The molecule has 0 amide bonds. The minimum absolute atomic E-state index is 0.599. The van der Waals surface area contributed by atoms with Crippen LogP contribution in [0.2, 0.25) is 0 Å². The van der Waals surface area contributed by atoms with Crippen LogP contribution in [0.3, 0.4) is 0 Å². The number of nitrogens with zero attached hydrogens (tertiary/aromatic N) is 5. The van der Waals surface area contributed by atoms with Crippen molar-refractivity contribution in [3.05, 3.63) is 43.0 Å². The molecule has 3 aromatic rings. The number of carbonyl (C=O) groups is 1. The van der Waals surface area contributed by atoms with Crippen LogP contribution in [0, 0.1) is 0 Å². The van der Waals surface area contributed by atoms with E-state index in [0.29, 0.717) is 11.0 Å². The van der Waals surface area contributed by atoms with Gasteiger partial charge in [0.05, 0.1) is 0 Å². The molecule has 7 heteroatoms. The Morgan fingerprint density at radius 2 is 2.18 bits per heavy atom. The summed E-state index contributed by atoms with van der Waals surface area (Å²) >= 11 is 0. The van der Waals surface area contributed by atoms with Crippen LogP contribution in [0.1, 0.15) is 0 Å². The molecule has 0 aliphatic rings. The molecular formula is C10H7N5O2. The Balaban J connectivity index is 1.93. The molecule has 0 N–H and O–H groups in total. The van der Waals surface area contributed by atoms with Crippen LogP contribution in [0.4, 0.5) is 4.79 Å². The maximum Gasteiger partial charge on any atom is 0.445 e. The Morgan fingerprint density at radius 3 is 3.00 bits per heavy atom. The Bertz CT molecular complexity index is 658. The zero-order valence-corrected chi connectivity index (χ0v) is 8.59. The van der Waals surface area contributed by atoms with E-state index in [-0.39, 0.29) is 0 Å². The first kappa shape index (κ1) is 9.52. The molecule has 7 nitrogen and oxygen atoms in total. The van der Waals surface area contributed by atoms with E-state index in [2.05, 4.69) is 15.3 Å². The monoisotopic (exact) mass is 229 g/mol. The first-order valence-corrected chi connectivity index (χ1v) is 4.86. The number of aromatic nitrogens is 5. The van der Waals surface area contributed by atoms with Gasteiger partial charge >= 0.3 is 6.09 Å². The Morgan fingerprint density at radius 1 is 1.29 bits per heavy atom. The third-order valence-electron chi connectivity index (χ3n) is 2.20. The van der Waals surface area contributed by atoms with Crippen molar-refractivity contribution in [1.82, 2.24) is 24.7 Å². The Hall–Kier alpha value is -2.70. The average Bonchev–Trinajstić information content (AvgIpc) is 2.98. The molecule has 3 rings (SSSR count). The SMILES string of the molecule is O=C(On1nnc2ccccc21)n1ccnc1. The summed E-state index contributed by atoms with van der Waals surface area (Å²) in [5.74, 6) is 0. The fraction of sp³-hybridized carbons (Fsp3) is 0. The van der Waals surface area contributed by atoms with Crippen molar-refractivity contribution >= 4 is 17.1 Å². The lowest BCUT2D eigenvalue weighted by molar-refractivity contribution is 0.120. The van der Waals surface area contributed by atoms with Crippen LogP contribution >= 0.6 is 0 Å². The number of hydrogen-bond acceptors (Lipinski definition) is 5. The minimum atomic E-state index is -0.599. The van der Waals surface area contributed by atoms with Crippen molar-refractivity contribution in [2.75, 3.05) is 0 Å². The van der Waals surface area contributed by atoms with Gasteiger partial charge in [-0.2, -0.15) is 0 Å². The van der Waals surface area contributed by atoms with Gasteiger partial charge in [0.2, 0.25) is 0 Å². The molecule has 84 valence electrons. The summed E-state index contributed by atoms with van der Waals surface area (Å²) in [6.07, 6.45) is 3.72. The standard InChI is InChI=1S/C10H7N5O2/c16-10(14-6-5-11-7-14)17-15-9-4-2-1-3-8(9)12-13-15/h1-7H. The maximum atomic E-state index is 11.6. The molecule has 2 heterocycles. The van der Waals surface area contributed by atoms with Gasteiger partial charge in [-0.1, -0.05) is 17.0 Å². The van der Waals surface area contributed by atoms with Gasteiger partial charge in [0.15, 0.2) is 0 Å². The van der Waals surface area contributed by atoms with E-state index in [1.54, 1.807) is 12.1 Å². The second-order valence-electron chi connectivity index (χ2n) is 3.28. The molecule has 0 unspecified atom stereocenters. The average molecular weight is 229 g/mol. The predicted octanol–water partition coefficient (Wildman–Crippen LogP) is 0.725. The molecule has 0 spiro atoms. The van der Waals surface area contributed by atoms with Crippen molar-refractivity contribution in [1.29, 1.82) is 0 Å². The summed E-state index contributed by atoms with van der Waals surface area (Å²) in [4.78, 5) is 21.5. The number of imidazole rings is 1. The van der Waals surface area contributed by atoms with Gasteiger partial charge in [-0.05, 0) is 17.3 Å². The molecule has 0 radical (unpaired) electrons. The van der Waals surface area contributed by atoms with Crippen LogP contribution in [-0.2, 0) is 0 Å². The predicted molar refractivity (Wildman–Crippen MR) is 57.1 cm³/mol. The molecule has 0 atom stereocenters. The van der Waals surface area contributed by atoms with Crippen LogP contribution in [-0.4, -0.2) is 30.8 Å². The molecule has 2 aromatic heterocycles. The van der Waals surface area contributed by atoms with E-state index < -0.39 is 6.09 Å². The topological polar surface area (TPSA) is 74.8 Å². The quantitative estimate of drug-likeness (QED) is 0.575. The number of carbonyl (C=O) groups excluding carboxylic acids is 1. The van der Waals surface area contributed by atoms with Crippen LogP contribution in [0.5, 0.6) is 0 Å². The van der Waals surface area contributed by atoms with Crippen molar-refractivity contribution in [3.63, 3.8) is 0 Å². The van der Waals surface area contributed by atoms with E-state index in [9.17, 15) is 4.79 Å². The fourth-order valence-corrected chi connectivity index (χ4v) is 1.40. The van der Waals surface area contributed by atoms with Crippen molar-refractivity contribution in [2.24, 2.45) is 0 Å². The highest BCUT2D eigenvalue weighted by Gasteiger charge is 2.10. The zero-order chi connectivity index (χ0) is 11.7. The molecule has 0 aliphatic heterocycles. The van der Waals surface area contributed by atoms with Gasteiger partial charge < -0.3 is 0 Å². The van der Waals surface area contributed by atoms with Gasteiger partial charge in [0.25, 0.3) is 0 Å². The van der Waals surface area contributed by atoms with E-state index in [0.717, 1.165) is 4.85 Å². The summed E-state index contributed by atoms with van der Waals surface area (Å²) in [5.41, 5.74) is 1.28. The molecule has 0 fully saturated rings. The van der Waals surface area contributed by atoms with E-state index in [1.165, 1.54) is 23.3 Å². The number of fused-ring (bicyclic) bond motifs is 1. The van der Waals surface area contributed by atoms with E-state index >= 15 is 0 Å². The van der Waals surface area contributed by atoms with Gasteiger partial charge in [-0.15, -0.1) is 5.10 Å². The lowest BCUT2D eigenvalue weighted by atomic mass is 10.3. The molecular weight excluding hydrogens is 222 g/mol. The fourth-order valence-electron chi connectivity index (χ4n) is 1.40. The Labute approximate surface area is 95.2 Å². The van der Waals surface area contributed by atoms with E-state index in [1.807, 2.05) is 12.1 Å². The van der Waals surface area contributed by atoms with Gasteiger partial charge in [-0.3, -0.25) is 4.84 Å². The van der Waals surface area contributed by atoms with Crippen LogP contribution in [0.25, 0.3) is 11.0 Å². The first-order valence-electron chi connectivity index (χ1n) is 4.86. The van der Waals surface area contributed by atoms with Gasteiger partial charge in [0.1, 0.15) is 17.4 Å². The second-order valence-corrected chi connectivity index (χ2v) is 3.28. The lowest BCUT2D eigenvalue weighted by Crippen LogP contribution is -2.24. The molecule has 0 aliphatic carbocycles. The minimum Gasteiger partial charge on any atom is -0.296 e. The highest BCUT2D eigenvalue weighted by molar-refractivity contribution is 5.75. The normalized spacial score (nSPS) is 10.6. The largest absolute Gasteiger partial charge is 0.445 e. The smallest absolute Gasteiger partial charge is 0.296 e. The number of benzene rings is 1. The molecule has 0 saturated heterocycles. The summed E-state index contributed by atoms with van der Waals surface area (Å²) < 4.78 is 1.20. The summed E-state index contributed by atoms with van der Waals surface area (Å²) in [7, 11) is 0. The highest BCUT2D eigenvalue weighted by atomic mass is 16.7. The zero-order valence-electron chi connectivity index (χ0n) is 8.59. The highest BCUT2D eigenvalue weighted by Crippen LogP contribution is 2.08. The Kier molecular flexibility index (Phi) is 2.08. The molecule has 0 saturated carbocycles.